The van der Waals surface area contributed by atoms with Gasteiger partial charge in [0, 0.05) is 24.0 Å². The maximum absolute atomic E-state index is 12.4. The van der Waals surface area contributed by atoms with Crippen molar-refractivity contribution in [3.05, 3.63) is 40.9 Å². The summed E-state index contributed by atoms with van der Waals surface area (Å²) in [7, 11) is 0. The quantitative estimate of drug-likeness (QED) is 0.687. The number of rotatable bonds is 6. The van der Waals surface area contributed by atoms with E-state index in [4.69, 9.17) is 0 Å². The third-order valence-corrected chi connectivity index (χ3v) is 4.77. The summed E-state index contributed by atoms with van der Waals surface area (Å²) in [5.41, 5.74) is 2.30. The largest absolute Gasteiger partial charge is 0.390 e. The molecule has 136 valence electrons. The van der Waals surface area contributed by atoms with Crippen LogP contribution >= 0.6 is 11.3 Å². The van der Waals surface area contributed by atoms with Crippen molar-refractivity contribution in [1.82, 2.24) is 9.88 Å². The van der Waals surface area contributed by atoms with E-state index in [2.05, 4.69) is 18.8 Å². The van der Waals surface area contributed by atoms with Crippen molar-refractivity contribution in [1.29, 1.82) is 0 Å². The predicted molar refractivity (Wildman–Crippen MR) is 93.9 cm³/mol. The van der Waals surface area contributed by atoms with E-state index in [1.807, 2.05) is 24.3 Å². The second kappa shape index (κ2) is 7.99. The van der Waals surface area contributed by atoms with E-state index < -0.39 is 18.5 Å². The first-order valence-corrected chi connectivity index (χ1v) is 9.01. The van der Waals surface area contributed by atoms with Crippen LogP contribution < -0.4 is 0 Å². The van der Waals surface area contributed by atoms with E-state index in [1.165, 1.54) is 21.8 Å². The predicted octanol–water partition coefficient (Wildman–Crippen LogP) is 5.35. The Labute approximate surface area is 149 Å². The average Bonchev–Trinajstić information content (AvgIpc) is 3.04. The van der Waals surface area contributed by atoms with Crippen molar-refractivity contribution in [2.75, 3.05) is 13.1 Å². The molecule has 2 aromatic rings. The molecule has 0 N–H and O–H groups in total. The van der Waals surface area contributed by atoms with Crippen LogP contribution in [0.4, 0.5) is 13.2 Å². The summed E-state index contributed by atoms with van der Waals surface area (Å²) in [6.45, 7) is 5.73. The van der Waals surface area contributed by atoms with Gasteiger partial charge in [-0.25, -0.2) is 4.98 Å². The van der Waals surface area contributed by atoms with Crippen LogP contribution in [0, 0.1) is 0 Å². The molecule has 3 nitrogen and oxygen atoms in total. The molecule has 1 aromatic heterocycles. The Balaban J connectivity index is 2.12. The van der Waals surface area contributed by atoms with E-state index in [9.17, 15) is 18.0 Å². The second-order valence-corrected chi connectivity index (χ2v) is 6.92. The molecular formula is C18H21F3N2OS. The van der Waals surface area contributed by atoms with Crippen LogP contribution in [0.3, 0.4) is 0 Å². The minimum atomic E-state index is -4.28. The molecule has 0 radical (unpaired) electrons. The van der Waals surface area contributed by atoms with Gasteiger partial charge in [0.2, 0.25) is 0 Å². The molecule has 0 unspecified atom stereocenters. The van der Waals surface area contributed by atoms with Gasteiger partial charge in [0.15, 0.2) is 0 Å². The minimum absolute atomic E-state index is 0.192. The van der Waals surface area contributed by atoms with Gasteiger partial charge in [-0.15, -0.1) is 11.3 Å². The van der Waals surface area contributed by atoms with Gasteiger partial charge in [0.25, 0.3) is 5.91 Å². The Morgan fingerprint density at radius 1 is 1.24 bits per heavy atom. The lowest BCUT2D eigenvalue weighted by atomic mass is 10.0. The fourth-order valence-corrected chi connectivity index (χ4v) is 3.14. The lowest BCUT2D eigenvalue weighted by Crippen LogP contribution is -2.34. The second-order valence-electron chi connectivity index (χ2n) is 6.06. The molecule has 0 aliphatic rings. The van der Waals surface area contributed by atoms with E-state index in [0.29, 0.717) is 10.9 Å². The highest BCUT2D eigenvalue weighted by molar-refractivity contribution is 7.13. The molecule has 7 heteroatoms. The number of thiazole rings is 1. The number of nitrogens with zero attached hydrogens (tertiary/aromatic N) is 2. The van der Waals surface area contributed by atoms with E-state index in [0.717, 1.165) is 5.56 Å². The molecule has 0 saturated carbocycles. The molecule has 0 saturated heterocycles. The lowest BCUT2D eigenvalue weighted by molar-refractivity contribution is -0.136. The van der Waals surface area contributed by atoms with Crippen LogP contribution in [0.15, 0.2) is 29.6 Å². The molecule has 0 aliphatic heterocycles. The normalized spacial score (nSPS) is 11.8. The number of aromatic nitrogens is 1. The van der Waals surface area contributed by atoms with Crippen LogP contribution in [-0.2, 0) is 0 Å². The highest BCUT2D eigenvalue weighted by atomic mass is 32.1. The summed E-state index contributed by atoms with van der Waals surface area (Å²) < 4.78 is 37.1. The van der Waals surface area contributed by atoms with Crippen LogP contribution in [0.1, 0.15) is 49.2 Å². The van der Waals surface area contributed by atoms with Gasteiger partial charge >= 0.3 is 6.18 Å². The standard InChI is InChI=1S/C18H21F3N2OS/c1-4-23(10-9-18(19,20)21)17(24)15-11-25-16(22-15)14-7-5-13(6-8-14)12(2)3/h5-8,11-12H,4,9-10H2,1-3H3. The third-order valence-electron chi connectivity index (χ3n) is 3.88. The summed E-state index contributed by atoms with van der Waals surface area (Å²) in [6, 6.07) is 7.93. The first-order chi connectivity index (χ1) is 11.7. The Morgan fingerprint density at radius 2 is 1.88 bits per heavy atom. The summed E-state index contributed by atoms with van der Waals surface area (Å²) in [6.07, 6.45) is -5.29. The Bertz CT molecular complexity index is 708. The van der Waals surface area contributed by atoms with Gasteiger partial charge in [-0.3, -0.25) is 4.79 Å². The molecule has 2 rings (SSSR count). The molecular weight excluding hydrogens is 349 g/mol. The zero-order chi connectivity index (χ0) is 18.6. The molecule has 0 aliphatic carbocycles. The van der Waals surface area contributed by atoms with Crippen molar-refractivity contribution in [3.63, 3.8) is 0 Å². The van der Waals surface area contributed by atoms with Crippen LogP contribution in [0.25, 0.3) is 10.6 Å². The Morgan fingerprint density at radius 3 is 2.40 bits per heavy atom. The van der Waals surface area contributed by atoms with Crippen molar-refractivity contribution in [2.45, 2.75) is 39.3 Å². The average molecular weight is 370 g/mol. The number of halogens is 3. The summed E-state index contributed by atoms with van der Waals surface area (Å²) in [4.78, 5) is 17.9. The van der Waals surface area contributed by atoms with Crippen molar-refractivity contribution < 1.29 is 18.0 Å². The molecule has 0 bridgehead atoms. The number of carbonyl (C=O) groups is 1. The highest BCUT2D eigenvalue weighted by Gasteiger charge is 2.29. The number of hydrogen-bond acceptors (Lipinski definition) is 3. The number of carbonyl (C=O) groups excluding carboxylic acids is 1. The first-order valence-electron chi connectivity index (χ1n) is 8.13. The third kappa shape index (κ3) is 5.29. The van der Waals surface area contributed by atoms with Crippen molar-refractivity contribution in [3.8, 4) is 10.6 Å². The highest BCUT2D eigenvalue weighted by Crippen LogP contribution is 2.26. The van der Waals surface area contributed by atoms with Gasteiger partial charge < -0.3 is 4.90 Å². The minimum Gasteiger partial charge on any atom is -0.337 e. The van der Waals surface area contributed by atoms with Gasteiger partial charge in [-0.1, -0.05) is 38.1 Å². The molecule has 0 fully saturated rings. The van der Waals surface area contributed by atoms with E-state index in [-0.39, 0.29) is 18.8 Å². The van der Waals surface area contributed by atoms with Gasteiger partial charge in [-0.05, 0) is 18.4 Å². The fraction of sp³-hybridized carbons (Fsp3) is 0.444. The number of alkyl halides is 3. The van der Waals surface area contributed by atoms with Gasteiger partial charge in [0.05, 0.1) is 6.42 Å². The van der Waals surface area contributed by atoms with E-state index >= 15 is 0 Å². The fourth-order valence-electron chi connectivity index (χ4n) is 2.34. The zero-order valence-electron chi connectivity index (χ0n) is 14.4. The Kier molecular flexibility index (Phi) is 6.21. The first kappa shape index (κ1) is 19.4. The Hall–Kier alpha value is -1.89. The smallest absolute Gasteiger partial charge is 0.337 e. The topological polar surface area (TPSA) is 33.2 Å². The summed E-state index contributed by atoms with van der Waals surface area (Å²) >= 11 is 1.32. The molecule has 1 heterocycles. The monoisotopic (exact) mass is 370 g/mol. The summed E-state index contributed by atoms with van der Waals surface area (Å²) in [5.74, 6) is -0.0396. The number of hydrogen-bond donors (Lipinski definition) is 0. The maximum atomic E-state index is 12.4. The molecule has 1 amide bonds. The van der Waals surface area contributed by atoms with Crippen molar-refractivity contribution in [2.24, 2.45) is 0 Å². The van der Waals surface area contributed by atoms with Crippen molar-refractivity contribution >= 4 is 17.2 Å². The van der Waals surface area contributed by atoms with Crippen LogP contribution in [0.2, 0.25) is 0 Å². The molecule has 1 aromatic carbocycles. The van der Waals surface area contributed by atoms with Crippen LogP contribution in [-0.4, -0.2) is 35.1 Å². The zero-order valence-corrected chi connectivity index (χ0v) is 15.2. The summed E-state index contributed by atoms with van der Waals surface area (Å²) in [5, 5.41) is 2.29. The van der Waals surface area contributed by atoms with E-state index in [1.54, 1.807) is 12.3 Å². The maximum Gasteiger partial charge on any atom is 0.390 e. The lowest BCUT2D eigenvalue weighted by Gasteiger charge is -2.20. The molecule has 0 spiro atoms. The molecule has 0 atom stereocenters. The van der Waals surface area contributed by atoms with Crippen LogP contribution in [0.5, 0.6) is 0 Å². The SMILES string of the molecule is CCN(CCC(F)(F)F)C(=O)c1csc(-c2ccc(C(C)C)cc2)n1. The molecule has 25 heavy (non-hydrogen) atoms. The number of amides is 1. The number of benzene rings is 1. The van der Waals surface area contributed by atoms with Gasteiger partial charge in [0.1, 0.15) is 10.7 Å². The van der Waals surface area contributed by atoms with Gasteiger partial charge in [-0.2, -0.15) is 13.2 Å².